The summed E-state index contributed by atoms with van der Waals surface area (Å²) < 4.78 is 23.0. The van der Waals surface area contributed by atoms with E-state index in [9.17, 15) is 9.18 Å². The highest BCUT2D eigenvalue weighted by Crippen LogP contribution is 2.30. The number of ether oxygens (including phenoxy) is 2. The minimum absolute atomic E-state index is 0.0918. The van der Waals surface area contributed by atoms with Crippen LogP contribution >= 0.6 is 0 Å². The van der Waals surface area contributed by atoms with Gasteiger partial charge in [-0.05, 0) is 24.3 Å². The van der Waals surface area contributed by atoms with Gasteiger partial charge in [-0.2, -0.15) is 0 Å². The fourth-order valence-electron chi connectivity index (χ4n) is 1.87. The second-order valence-corrected chi connectivity index (χ2v) is 4.24. The summed E-state index contributed by atoms with van der Waals surface area (Å²) in [7, 11) is 2.66. The molecule has 0 saturated carbocycles. The first-order valence-electron chi connectivity index (χ1n) is 6.14. The van der Waals surface area contributed by atoms with Crippen LogP contribution in [0, 0.1) is 5.82 Å². The maximum atomic E-state index is 13.4. The van der Waals surface area contributed by atoms with Gasteiger partial charge in [0.1, 0.15) is 0 Å². The topological polar surface area (TPSA) is 73.6 Å². The summed E-state index contributed by atoms with van der Waals surface area (Å²) >= 11 is 0. The van der Waals surface area contributed by atoms with E-state index < -0.39 is 11.8 Å². The van der Waals surface area contributed by atoms with Gasteiger partial charge in [0.2, 0.25) is 0 Å². The number of nitrogens with two attached hydrogens (primary N) is 1. The number of halogens is 1. The van der Waals surface area contributed by atoms with Crippen molar-refractivity contribution in [2.75, 3.05) is 25.3 Å². The summed E-state index contributed by atoms with van der Waals surface area (Å²) in [6.45, 7) is 0. The lowest BCUT2D eigenvalue weighted by Gasteiger charge is -2.14. The summed E-state index contributed by atoms with van der Waals surface area (Å²) in [5.41, 5.74) is 7.49. The van der Waals surface area contributed by atoms with Crippen molar-refractivity contribution < 1.29 is 18.7 Å². The summed E-state index contributed by atoms with van der Waals surface area (Å²) in [5.74, 6) is -0.898. The van der Waals surface area contributed by atoms with Crippen molar-refractivity contribution in [3.63, 3.8) is 0 Å². The van der Waals surface area contributed by atoms with Crippen LogP contribution in [-0.4, -0.2) is 20.2 Å². The van der Waals surface area contributed by atoms with Crippen molar-refractivity contribution in [2.45, 2.75) is 0 Å². The van der Waals surface area contributed by atoms with Crippen molar-refractivity contribution >= 4 is 23.0 Å². The molecule has 6 heteroatoms. The molecule has 0 spiro atoms. The molecule has 110 valence electrons. The van der Waals surface area contributed by atoms with E-state index in [-0.39, 0.29) is 5.75 Å². The number of carbonyl (C=O) groups is 1. The molecule has 2 rings (SSSR count). The molecular weight excluding hydrogens is 275 g/mol. The minimum Gasteiger partial charge on any atom is -0.494 e. The van der Waals surface area contributed by atoms with Crippen LogP contribution < -0.4 is 15.8 Å². The molecule has 5 nitrogen and oxygen atoms in total. The first kappa shape index (κ1) is 14.6. The van der Waals surface area contributed by atoms with Gasteiger partial charge in [-0.1, -0.05) is 6.07 Å². The number of anilines is 3. The standard InChI is InChI=1S/C15H15FN2O3/c1-20-13-8-9(6-7-11(13)16)18-14-10(15(19)21-2)4-3-5-12(14)17/h3-8,18H,17H2,1-2H3. The Morgan fingerprint density at radius 1 is 1.24 bits per heavy atom. The first-order valence-corrected chi connectivity index (χ1v) is 6.14. The third kappa shape index (κ3) is 3.05. The van der Waals surface area contributed by atoms with Gasteiger partial charge >= 0.3 is 5.97 Å². The summed E-state index contributed by atoms with van der Waals surface area (Å²) in [6.07, 6.45) is 0. The predicted octanol–water partition coefficient (Wildman–Crippen LogP) is 2.95. The number of methoxy groups -OCH3 is 2. The van der Waals surface area contributed by atoms with E-state index in [4.69, 9.17) is 15.2 Å². The monoisotopic (exact) mass is 290 g/mol. The number of nitrogens with one attached hydrogen (secondary N) is 1. The lowest BCUT2D eigenvalue weighted by atomic mass is 10.1. The summed E-state index contributed by atoms with van der Waals surface area (Å²) in [4.78, 5) is 11.8. The van der Waals surface area contributed by atoms with E-state index in [1.807, 2.05) is 0 Å². The van der Waals surface area contributed by atoms with Gasteiger partial charge in [-0.25, -0.2) is 9.18 Å². The number of hydrogen-bond acceptors (Lipinski definition) is 5. The molecule has 21 heavy (non-hydrogen) atoms. The van der Waals surface area contributed by atoms with E-state index >= 15 is 0 Å². The molecule has 0 aliphatic heterocycles. The quantitative estimate of drug-likeness (QED) is 0.669. The van der Waals surface area contributed by atoms with Crippen LogP contribution in [0.2, 0.25) is 0 Å². The molecule has 0 radical (unpaired) electrons. The number of rotatable bonds is 4. The maximum Gasteiger partial charge on any atom is 0.340 e. The average molecular weight is 290 g/mol. The molecule has 0 heterocycles. The van der Waals surface area contributed by atoms with E-state index in [1.165, 1.54) is 32.4 Å². The number of benzene rings is 2. The molecule has 2 aromatic carbocycles. The molecule has 0 fully saturated rings. The third-order valence-corrected chi connectivity index (χ3v) is 2.92. The Morgan fingerprint density at radius 2 is 2.00 bits per heavy atom. The van der Waals surface area contributed by atoms with Crippen molar-refractivity contribution in [2.24, 2.45) is 0 Å². The van der Waals surface area contributed by atoms with Crippen LogP contribution in [0.4, 0.5) is 21.5 Å². The molecule has 0 aliphatic carbocycles. The Balaban J connectivity index is 2.41. The molecule has 0 aromatic heterocycles. The van der Waals surface area contributed by atoms with Gasteiger partial charge in [0.05, 0.1) is 31.2 Å². The maximum absolute atomic E-state index is 13.4. The molecule has 0 unspecified atom stereocenters. The second-order valence-electron chi connectivity index (χ2n) is 4.24. The van der Waals surface area contributed by atoms with Gasteiger partial charge < -0.3 is 20.5 Å². The number of nitrogen functional groups attached to an aromatic ring is 1. The molecule has 0 bridgehead atoms. The Kier molecular flexibility index (Phi) is 4.27. The number of para-hydroxylation sites is 1. The number of carbonyl (C=O) groups excluding carboxylic acids is 1. The van der Waals surface area contributed by atoms with Crippen molar-refractivity contribution in [3.8, 4) is 5.75 Å². The highest BCUT2D eigenvalue weighted by atomic mass is 19.1. The molecule has 0 aliphatic rings. The van der Waals surface area contributed by atoms with E-state index in [1.54, 1.807) is 18.2 Å². The molecule has 0 amide bonds. The fourth-order valence-corrected chi connectivity index (χ4v) is 1.87. The van der Waals surface area contributed by atoms with Crippen LogP contribution in [0.1, 0.15) is 10.4 Å². The zero-order valence-electron chi connectivity index (χ0n) is 11.6. The summed E-state index contributed by atoms with van der Waals surface area (Å²) in [6, 6.07) is 9.14. The lowest BCUT2D eigenvalue weighted by molar-refractivity contribution is 0.0602. The molecular formula is C15H15FN2O3. The molecule has 0 saturated heterocycles. The normalized spacial score (nSPS) is 10.0. The van der Waals surface area contributed by atoms with Crippen LogP contribution in [0.25, 0.3) is 0 Å². The second kappa shape index (κ2) is 6.13. The molecule has 3 N–H and O–H groups in total. The van der Waals surface area contributed by atoms with Crippen LogP contribution in [0.5, 0.6) is 5.75 Å². The SMILES string of the molecule is COC(=O)c1cccc(N)c1Nc1ccc(F)c(OC)c1. The van der Waals surface area contributed by atoms with Crippen molar-refractivity contribution in [3.05, 3.63) is 47.8 Å². The van der Waals surface area contributed by atoms with E-state index in [2.05, 4.69) is 5.32 Å². The molecule has 0 atom stereocenters. The smallest absolute Gasteiger partial charge is 0.340 e. The van der Waals surface area contributed by atoms with Gasteiger partial charge in [0, 0.05) is 11.8 Å². The zero-order valence-corrected chi connectivity index (χ0v) is 11.6. The largest absolute Gasteiger partial charge is 0.494 e. The first-order chi connectivity index (χ1) is 10.1. The van der Waals surface area contributed by atoms with Crippen LogP contribution in [-0.2, 0) is 4.74 Å². The fraction of sp³-hybridized carbons (Fsp3) is 0.133. The lowest BCUT2D eigenvalue weighted by Crippen LogP contribution is -2.08. The molecule has 2 aromatic rings. The Morgan fingerprint density at radius 3 is 2.67 bits per heavy atom. The van der Waals surface area contributed by atoms with Crippen LogP contribution in [0.3, 0.4) is 0 Å². The number of esters is 1. The third-order valence-electron chi connectivity index (χ3n) is 2.92. The van der Waals surface area contributed by atoms with Crippen molar-refractivity contribution in [1.29, 1.82) is 0 Å². The highest BCUT2D eigenvalue weighted by molar-refractivity contribution is 5.99. The highest BCUT2D eigenvalue weighted by Gasteiger charge is 2.15. The van der Waals surface area contributed by atoms with E-state index in [0.717, 1.165) is 0 Å². The Labute approximate surface area is 121 Å². The van der Waals surface area contributed by atoms with Gasteiger partial charge in [0.15, 0.2) is 11.6 Å². The zero-order chi connectivity index (χ0) is 15.4. The predicted molar refractivity (Wildman–Crippen MR) is 78.4 cm³/mol. The number of hydrogen-bond donors (Lipinski definition) is 2. The Hall–Kier alpha value is -2.76. The summed E-state index contributed by atoms with van der Waals surface area (Å²) in [5, 5.41) is 2.99. The van der Waals surface area contributed by atoms with E-state index in [0.29, 0.717) is 22.6 Å². The minimum atomic E-state index is -0.515. The average Bonchev–Trinajstić information content (AvgIpc) is 2.50. The van der Waals surface area contributed by atoms with Crippen molar-refractivity contribution in [1.82, 2.24) is 0 Å². The van der Waals surface area contributed by atoms with Gasteiger partial charge in [0.25, 0.3) is 0 Å². The Bertz CT molecular complexity index is 674. The van der Waals surface area contributed by atoms with Crippen LogP contribution in [0.15, 0.2) is 36.4 Å². The van der Waals surface area contributed by atoms with Gasteiger partial charge in [-0.3, -0.25) is 0 Å². The van der Waals surface area contributed by atoms with Gasteiger partial charge in [-0.15, -0.1) is 0 Å².